The Morgan fingerprint density at radius 1 is 1.03 bits per heavy atom. The zero-order valence-corrected chi connectivity index (χ0v) is 21.4. The van der Waals surface area contributed by atoms with Gasteiger partial charge in [-0.05, 0) is 41.8 Å². The van der Waals surface area contributed by atoms with E-state index in [1.807, 2.05) is 79.7 Å². The monoisotopic (exact) mass is 539 g/mol. The lowest BCUT2D eigenvalue weighted by Gasteiger charge is -2.14. The topological polar surface area (TPSA) is 38.8 Å². The molecule has 0 spiro atoms. The number of hydrogen-bond donors (Lipinski definition) is 0. The fraction of sp³-hybridized carbons (Fsp3) is 0.154. The molecule has 0 radical (unpaired) electrons. The minimum absolute atomic E-state index is 0.0964. The van der Waals surface area contributed by atoms with Crippen molar-refractivity contribution in [2.45, 2.75) is 20.1 Å². The van der Waals surface area contributed by atoms with Crippen LogP contribution in [0.4, 0.5) is 0 Å². The van der Waals surface area contributed by atoms with Crippen LogP contribution in [0.1, 0.15) is 22.3 Å². The maximum Gasteiger partial charge on any atom is 0.266 e. The molecular weight excluding hydrogens is 518 g/mol. The van der Waals surface area contributed by atoms with Crippen LogP contribution in [0.2, 0.25) is 0 Å². The summed E-state index contributed by atoms with van der Waals surface area (Å²) < 4.78 is 12.9. The second-order valence-corrected chi connectivity index (χ2v) is 10.1. The summed E-state index contributed by atoms with van der Waals surface area (Å²) >= 11 is 10.4. The van der Waals surface area contributed by atoms with Crippen molar-refractivity contribution in [3.63, 3.8) is 0 Å². The largest absolute Gasteiger partial charge is 0.493 e. The van der Waals surface area contributed by atoms with Crippen LogP contribution < -0.4 is 9.47 Å². The van der Waals surface area contributed by atoms with E-state index in [-0.39, 0.29) is 5.91 Å². The molecular formula is C26H22BrNO3S2. The number of methoxy groups -OCH3 is 1. The first kappa shape index (κ1) is 23.5. The Morgan fingerprint density at radius 2 is 1.76 bits per heavy atom. The normalized spacial score (nSPS) is 14.8. The highest BCUT2D eigenvalue weighted by molar-refractivity contribution is 9.10. The molecule has 7 heteroatoms. The van der Waals surface area contributed by atoms with E-state index in [2.05, 4.69) is 15.9 Å². The van der Waals surface area contributed by atoms with Crippen LogP contribution in [0.15, 0.2) is 76.1 Å². The molecule has 1 aliphatic heterocycles. The number of aryl methyl sites for hydroxylation is 1. The van der Waals surface area contributed by atoms with Gasteiger partial charge in [0.1, 0.15) is 10.9 Å². The Labute approximate surface area is 211 Å². The predicted octanol–water partition coefficient (Wildman–Crippen LogP) is 6.75. The van der Waals surface area contributed by atoms with Gasteiger partial charge in [0.15, 0.2) is 11.5 Å². The Hall–Kier alpha value is -2.61. The van der Waals surface area contributed by atoms with Gasteiger partial charge >= 0.3 is 0 Å². The first-order valence-electron chi connectivity index (χ1n) is 10.3. The standard InChI is InChI=1S/C26H22BrNO3S2/c1-17-8-10-18(11-9-17)15-28-25(29)24(33-26(28)32)13-20-12-22(30-2)23(14-21(20)27)31-16-19-6-4-3-5-7-19/h3-14H,15-16H2,1-2H3/b24-13-. The van der Waals surface area contributed by atoms with E-state index in [4.69, 9.17) is 21.7 Å². The number of carbonyl (C=O) groups excluding carboxylic acids is 1. The van der Waals surface area contributed by atoms with Crippen molar-refractivity contribution in [3.05, 3.63) is 98.4 Å². The molecule has 0 saturated carbocycles. The van der Waals surface area contributed by atoms with E-state index in [1.165, 1.54) is 17.3 Å². The van der Waals surface area contributed by atoms with Gasteiger partial charge in [0, 0.05) is 4.47 Å². The zero-order valence-electron chi connectivity index (χ0n) is 18.2. The first-order valence-corrected chi connectivity index (χ1v) is 12.3. The number of ether oxygens (including phenoxy) is 2. The summed E-state index contributed by atoms with van der Waals surface area (Å²) in [5.41, 5.74) is 4.10. The third-order valence-electron chi connectivity index (χ3n) is 5.14. The summed E-state index contributed by atoms with van der Waals surface area (Å²) in [5.74, 6) is 1.12. The van der Waals surface area contributed by atoms with Crippen LogP contribution in [0.3, 0.4) is 0 Å². The number of benzene rings is 3. The third kappa shape index (κ3) is 5.66. The minimum atomic E-state index is -0.0964. The molecule has 168 valence electrons. The molecule has 4 rings (SSSR count). The summed E-state index contributed by atoms with van der Waals surface area (Å²) in [7, 11) is 1.60. The van der Waals surface area contributed by atoms with E-state index in [0.29, 0.717) is 33.9 Å². The van der Waals surface area contributed by atoms with Gasteiger partial charge < -0.3 is 9.47 Å². The van der Waals surface area contributed by atoms with E-state index in [1.54, 1.807) is 12.0 Å². The van der Waals surface area contributed by atoms with Crippen molar-refractivity contribution in [1.82, 2.24) is 4.90 Å². The SMILES string of the molecule is COc1cc(/C=C2\SC(=S)N(Cc3ccc(C)cc3)C2=O)c(Br)cc1OCc1ccccc1. The van der Waals surface area contributed by atoms with Crippen molar-refractivity contribution in [2.75, 3.05) is 7.11 Å². The number of carbonyl (C=O) groups is 1. The average molecular weight is 541 g/mol. The summed E-state index contributed by atoms with van der Waals surface area (Å²) in [6.45, 7) is 2.93. The van der Waals surface area contributed by atoms with Crippen LogP contribution in [0.5, 0.6) is 11.5 Å². The second kappa shape index (κ2) is 10.5. The van der Waals surface area contributed by atoms with Crippen LogP contribution in [-0.2, 0) is 17.9 Å². The Kier molecular flexibility index (Phi) is 7.53. The van der Waals surface area contributed by atoms with Gasteiger partial charge in [0.25, 0.3) is 5.91 Å². The molecule has 1 amide bonds. The lowest BCUT2D eigenvalue weighted by molar-refractivity contribution is -0.122. The predicted molar refractivity (Wildman–Crippen MR) is 141 cm³/mol. The number of amides is 1. The van der Waals surface area contributed by atoms with Crippen LogP contribution >= 0.6 is 39.9 Å². The summed E-state index contributed by atoms with van der Waals surface area (Å²) in [6, 6.07) is 21.8. The maximum absolute atomic E-state index is 13.1. The number of hydrogen-bond acceptors (Lipinski definition) is 5. The van der Waals surface area contributed by atoms with Crippen molar-refractivity contribution in [3.8, 4) is 11.5 Å². The van der Waals surface area contributed by atoms with Gasteiger partial charge in [-0.15, -0.1) is 0 Å². The van der Waals surface area contributed by atoms with E-state index in [0.717, 1.165) is 21.2 Å². The summed E-state index contributed by atoms with van der Waals surface area (Å²) in [4.78, 5) is 15.3. The molecule has 33 heavy (non-hydrogen) atoms. The first-order chi connectivity index (χ1) is 15.9. The van der Waals surface area contributed by atoms with Crippen molar-refractivity contribution in [1.29, 1.82) is 0 Å². The van der Waals surface area contributed by atoms with E-state index < -0.39 is 0 Å². The van der Waals surface area contributed by atoms with Crippen molar-refractivity contribution in [2.24, 2.45) is 0 Å². The van der Waals surface area contributed by atoms with Crippen LogP contribution in [0, 0.1) is 6.92 Å². The number of thioether (sulfide) groups is 1. The number of halogens is 1. The quantitative estimate of drug-likeness (QED) is 0.245. The lowest BCUT2D eigenvalue weighted by Crippen LogP contribution is -2.27. The van der Waals surface area contributed by atoms with E-state index >= 15 is 0 Å². The van der Waals surface area contributed by atoms with E-state index in [9.17, 15) is 4.79 Å². The van der Waals surface area contributed by atoms with Gasteiger partial charge in [0.05, 0.1) is 18.6 Å². The number of nitrogens with zero attached hydrogens (tertiary/aromatic N) is 1. The van der Waals surface area contributed by atoms with Gasteiger partial charge in [-0.2, -0.15) is 0 Å². The molecule has 0 aromatic heterocycles. The smallest absolute Gasteiger partial charge is 0.266 e. The average Bonchev–Trinajstić information content (AvgIpc) is 3.08. The third-order valence-corrected chi connectivity index (χ3v) is 7.21. The van der Waals surface area contributed by atoms with Gasteiger partial charge in [0.2, 0.25) is 0 Å². The fourth-order valence-electron chi connectivity index (χ4n) is 3.32. The minimum Gasteiger partial charge on any atom is -0.493 e. The van der Waals surface area contributed by atoms with Gasteiger partial charge in [-0.3, -0.25) is 9.69 Å². The van der Waals surface area contributed by atoms with Crippen molar-refractivity contribution >= 4 is 56.2 Å². The van der Waals surface area contributed by atoms with Crippen LogP contribution in [-0.4, -0.2) is 22.2 Å². The van der Waals surface area contributed by atoms with Crippen LogP contribution in [0.25, 0.3) is 6.08 Å². The highest BCUT2D eigenvalue weighted by Crippen LogP contribution is 2.38. The molecule has 4 nitrogen and oxygen atoms in total. The van der Waals surface area contributed by atoms with Gasteiger partial charge in [-0.1, -0.05) is 100 Å². The molecule has 0 N–H and O–H groups in total. The molecule has 0 unspecified atom stereocenters. The molecule has 3 aromatic rings. The van der Waals surface area contributed by atoms with Crippen molar-refractivity contribution < 1.29 is 14.3 Å². The summed E-state index contributed by atoms with van der Waals surface area (Å²) in [5, 5.41) is 0. The number of thiocarbonyl (C=S) groups is 1. The zero-order chi connectivity index (χ0) is 23.4. The molecule has 0 aliphatic carbocycles. The molecule has 0 bridgehead atoms. The highest BCUT2D eigenvalue weighted by atomic mass is 79.9. The molecule has 1 saturated heterocycles. The molecule has 1 heterocycles. The Morgan fingerprint density at radius 3 is 2.45 bits per heavy atom. The lowest BCUT2D eigenvalue weighted by atomic mass is 10.1. The molecule has 0 atom stereocenters. The Balaban J connectivity index is 1.53. The summed E-state index contributed by atoms with van der Waals surface area (Å²) in [6.07, 6.45) is 1.84. The Bertz CT molecular complexity index is 1210. The number of rotatable bonds is 7. The molecule has 3 aromatic carbocycles. The van der Waals surface area contributed by atoms with Gasteiger partial charge in [-0.25, -0.2) is 0 Å². The molecule has 1 fully saturated rings. The second-order valence-electron chi connectivity index (χ2n) is 7.55. The fourth-order valence-corrected chi connectivity index (χ4v) is 5.01. The maximum atomic E-state index is 13.1. The highest BCUT2D eigenvalue weighted by Gasteiger charge is 2.32. The molecule has 1 aliphatic rings.